The summed E-state index contributed by atoms with van der Waals surface area (Å²) in [6, 6.07) is 8.70. The predicted octanol–water partition coefficient (Wildman–Crippen LogP) is 1.53. The van der Waals surface area contributed by atoms with E-state index in [1.54, 1.807) is 7.11 Å². The Morgan fingerprint density at radius 2 is 1.75 bits per heavy atom. The van der Waals surface area contributed by atoms with Gasteiger partial charge in [0.05, 0.1) is 19.7 Å². The van der Waals surface area contributed by atoms with E-state index in [-0.39, 0.29) is 29.9 Å². The van der Waals surface area contributed by atoms with Crippen molar-refractivity contribution in [2.45, 2.75) is 13.5 Å². The zero-order valence-electron chi connectivity index (χ0n) is 19.3. The maximum atomic E-state index is 12.0. The summed E-state index contributed by atoms with van der Waals surface area (Å²) in [6.45, 7) is 10.5. The number of halogens is 1. The smallest absolute Gasteiger partial charge is 0.234 e. The van der Waals surface area contributed by atoms with E-state index in [4.69, 9.17) is 9.73 Å². The van der Waals surface area contributed by atoms with E-state index in [1.807, 2.05) is 0 Å². The fourth-order valence-electron chi connectivity index (χ4n) is 3.76. The lowest BCUT2D eigenvalue weighted by Gasteiger charge is -2.36. The highest BCUT2D eigenvalue weighted by Crippen LogP contribution is 2.18. The fourth-order valence-corrected chi connectivity index (χ4v) is 3.76. The van der Waals surface area contributed by atoms with Gasteiger partial charge >= 0.3 is 0 Å². The summed E-state index contributed by atoms with van der Waals surface area (Å²) in [6.07, 6.45) is 4.41. The Bertz CT molecular complexity index is 739. The molecule has 2 N–H and O–H groups in total. The average Bonchev–Trinajstić information content (AvgIpc) is 3.33. The Hall–Kier alpha value is -1.85. The van der Waals surface area contributed by atoms with Gasteiger partial charge in [-0.15, -0.1) is 24.0 Å². The number of hydrogen-bond donors (Lipinski definition) is 2. The van der Waals surface area contributed by atoms with Crippen molar-refractivity contribution in [2.24, 2.45) is 4.99 Å². The number of amides is 1. The van der Waals surface area contributed by atoms with Crippen molar-refractivity contribution < 1.29 is 9.53 Å². The van der Waals surface area contributed by atoms with E-state index in [0.29, 0.717) is 26.2 Å². The van der Waals surface area contributed by atoms with Crippen molar-refractivity contribution in [2.75, 3.05) is 77.5 Å². The second-order valence-corrected chi connectivity index (χ2v) is 7.82. The first-order valence-corrected chi connectivity index (χ1v) is 11.2. The molecule has 8 nitrogen and oxygen atoms in total. The number of carbonyl (C=O) groups is 1. The molecule has 2 heterocycles. The minimum Gasteiger partial charge on any atom is -0.383 e. The Morgan fingerprint density at radius 1 is 1.06 bits per heavy atom. The van der Waals surface area contributed by atoms with Crippen molar-refractivity contribution in [3.8, 4) is 0 Å². The molecule has 1 aromatic carbocycles. The van der Waals surface area contributed by atoms with E-state index >= 15 is 0 Å². The standard InChI is InChI=1S/C23H36N6O2.HI/c1-3-24-23(26-18-20-6-8-21(9-7-20)28-11-4-5-12-28)29-15-13-27(14-16-29)19-22(30)25-10-17-31-2;/h4-9H,3,10-19H2,1-2H3,(H,24,26)(H,25,30);1H. The van der Waals surface area contributed by atoms with Crippen molar-refractivity contribution in [3.63, 3.8) is 0 Å². The fraction of sp³-hybridized carbons (Fsp3) is 0.565. The summed E-state index contributed by atoms with van der Waals surface area (Å²) in [7, 11) is 1.64. The molecule has 32 heavy (non-hydrogen) atoms. The van der Waals surface area contributed by atoms with Crippen molar-refractivity contribution >= 4 is 41.5 Å². The maximum absolute atomic E-state index is 12.0. The summed E-state index contributed by atoms with van der Waals surface area (Å²) in [5.41, 5.74) is 2.46. The van der Waals surface area contributed by atoms with Gasteiger partial charge in [-0.25, -0.2) is 4.99 Å². The van der Waals surface area contributed by atoms with Gasteiger partial charge in [0.2, 0.25) is 5.91 Å². The topological polar surface area (TPSA) is 72.4 Å². The van der Waals surface area contributed by atoms with E-state index < -0.39 is 0 Å². The lowest BCUT2D eigenvalue weighted by molar-refractivity contribution is -0.122. The minimum atomic E-state index is 0. The number of aliphatic imine (C=N–C) groups is 1. The summed E-state index contributed by atoms with van der Waals surface area (Å²) in [5.74, 6) is 0.999. The SMILES string of the molecule is CCNC(=NCc1ccc(N2CC=CC2)cc1)N1CCN(CC(=O)NCCOC)CC1.I. The number of nitrogens with zero attached hydrogens (tertiary/aromatic N) is 4. The van der Waals surface area contributed by atoms with Gasteiger partial charge in [0.15, 0.2) is 5.96 Å². The predicted molar refractivity (Wildman–Crippen MR) is 141 cm³/mol. The highest BCUT2D eigenvalue weighted by atomic mass is 127. The van der Waals surface area contributed by atoms with Gasteiger partial charge in [-0.05, 0) is 24.6 Å². The molecule has 178 valence electrons. The van der Waals surface area contributed by atoms with Crippen molar-refractivity contribution in [3.05, 3.63) is 42.0 Å². The van der Waals surface area contributed by atoms with Crippen LogP contribution in [0.2, 0.25) is 0 Å². The molecular formula is C23H37IN6O2. The molecule has 1 aromatic rings. The average molecular weight is 556 g/mol. The number of ether oxygens (including phenoxy) is 1. The summed E-state index contributed by atoms with van der Waals surface area (Å²) in [4.78, 5) is 23.7. The lowest BCUT2D eigenvalue weighted by Crippen LogP contribution is -2.54. The number of methoxy groups -OCH3 is 1. The van der Waals surface area contributed by atoms with Crippen molar-refractivity contribution in [1.29, 1.82) is 0 Å². The summed E-state index contributed by atoms with van der Waals surface area (Å²) < 4.78 is 4.97. The van der Waals surface area contributed by atoms with Crippen LogP contribution >= 0.6 is 24.0 Å². The molecule has 0 bridgehead atoms. The van der Waals surface area contributed by atoms with Gasteiger partial charge in [-0.1, -0.05) is 24.3 Å². The minimum absolute atomic E-state index is 0. The summed E-state index contributed by atoms with van der Waals surface area (Å²) in [5, 5.41) is 6.30. The van der Waals surface area contributed by atoms with Crippen LogP contribution < -0.4 is 15.5 Å². The van der Waals surface area contributed by atoms with Crippen LogP contribution in [0, 0.1) is 0 Å². The molecule has 1 saturated heterocycles. The Labute approximate surface area is 209 Å². The first-order chi connectivity index (χ1) is 15.2. The van der Waals surface area contributed by atoms with E-state index in [1.165, 1.54) is 11.3 Å². The Kier molecular flexibility index (Phi) is 11.8. The normalized spacial score (nSPS) is 16.8. The van der Waals surface area contributed by atoms with Crippen LogP contribution in [-0.2, 0) is 16.1 Å². The molecule has 3 rings (SSSR count). The molecule has 1 amide bonds. The van der Waals surface area contributed by atoms with Gasteiger partial charge in [0.25, 0.3) is 0 Å². The Morgan fingerprint density at radius 3 is 2.38 bits per heavy atom. The molecule has 2 aliphatic rings. The van der Waals surface area contributed by atoms with Gasteiger partial charge < -0.3 is 25.2 Å². The zero-order valence-corrected chi connectivity index (χ0v) is 21.6. The molecule has 0 aromatic heterocycles. The van der Waals surface area contributed by atoms with Crippen molar-refractivity contribution in [1.82, 2.24) is 20.4 Å². The van der Waals surface area contributed by atoms with Gasteiger partial charge in [-0.2, -0.15) is 0 Å². The molecular weight excluding hydrogens is 519 g/mol. The van der Waals surface area contributed by atoms with Gasteiger partial charge in [-0.3, -0.25) is 9.69 Å². The van der Waals surface area contributed by atoms with Gasteiger partial charge in [0, 0.05) is 65.2 Å². The number of hydrogen-bond acceptors (Lipinski definition) is 5. The maximum Gasteiger partial charge on any atom is 0.234 e. The van der Waals surface area contributed by atoms with Crippen LogP contribution in [0.15, 0.2) is 41.4 Å². The number of benzene rings is 1. The number of nitrogens with one attached hydrogen (secondary N) is 2. The highest BCUT2D eigenvalue weighted by Gasteiger charge is 2.21. The molecule has 2 aliphatic heterocycles. The second-order valence-electron chi connectivity index (χ2n) is 7.82. The molecule has 0 spiro atoms. The molecule has 1 fully saturated rings. The van der Waals surface area contributed by atoms with E-state index in [0.717, 1.165) is 51.8 Å². The molecule has 0 aliphatic carbocycles. The van der Waals surface area contributed by atoms with Crippen LogP contribution in [0.3, 0.4) is 0 Å². The third-order valence-electron chi connectivity index (χ3n) is 5.53. The van der Waals surface area contributed by atoms with E-state index in [9.17, 15) is 4.79 Å². The number of anilines is 1. The molecule has 0 radical (unpaired) electrons. The molecule has 0 unspecified atom stereocenters. The first kappa shape index (κ1) is 26.4. The number of guanidine groups is 1. The van der Waals surface area contributed by atoms with Crippen LogP contribution in [0.5, 0.6) is 0 Å². The first-order valence-electron chi connectivity index (χ1n) is 11.2. The van der Waals surface area contributed by atoms with E-state index in [2.05, 4.69) is 68.7 Å². The van der Waals surface area contributed by atoms with Gasteiger partial charge in [0.1, 0.15) is 0 Å². The number of piperazine rings is 1. The largest absolute Gasteiger partial charge is 0.383 e. The lowest BCUT2D eigenvalue weighted by atomic mass is 10.2. The highest BCUT2D eigenvalue weighted by molar-refractivity contribution is 14.0. The van der Waals surface area contributed by atoms with Crippen LogP contribution in [0.4, 0.5) is 5.69 Å². The zero-order chi connectivity index (χ0) is 21.9. The monoisotopic (exact) mass is 556 g/mol. The quantitative estimate of drug-likeness (QED) is 0.158. The molecule has 0 saturated carbocycles. The number of carbonyl (C=O) groups excluding carboxylic acids is 1. The van der Waals surface area contributed by atoms with Crippen LogP contribution in [-0.4, -0.2) is 94.3 Å². The van der Waals surface area contributed by atoms with Crippen LogP contribution in [0.1, 0.15) is 12.5 Å². The number of rotatable bonds is 9. The third kappa shape index (κ3) is 8.25. The molecule has 0 atom stereocenters. The second kappa shape index (κ2) is 14.3. The molecule has 9 heteroatoms. The third-order valence-corrected chi connectivity index (χ3v) is 5.53. The van der Waals surface area contributed by atoms with Crippen LogP contribution in [0.25, 0.3) is 0 Å². The Balaban J connectivity index is 0.00000363. The summed E-state index contributed by atoms with van der Waals surface area (Å²) >= 11 is 0.